The van der Waals surface area contributed by atoms with E-state index >= 15 is 0 Å². The molecule has 0 radical (unpaired) electrons. The third-order valence-electron chi connectivity index (χ3n) is 4.37. The molecule has 2 aromatic carbocycles. The lowest BCUT2D eigenvalue weighted by atomic mass is 10.1. The van der Waals surface area contributed by atoms with E-state index in [2.05, 4.69) is 15.6 Å². The largest absolute Gasteiger partial charge is 0.494 e. The minimum Gasteiger partial charge on any atom is -0.494 e. The Labute approximate surface area is 200 Å². The molecule has 1 atom stereocenters. The molecule has 0 amide bonds. The Balaban J connectivity index is 0.00000480. The standard InChI is InChI=1S/C22H30FN3O4.HI/c1-5-24-22(26-15(2)17-7-9-19(28-3)18(23)13-17)25-14-16-6-8-20(30-11-10-27)21(12-16)29-4;/h6-9,12-13,15,27H,5,10-11,14H2,1-4H3,(H2,24,25,26);1H. The Morgan fingerprint density at radius 3 is 2.42 bits per heavy atom. The number of nitrogens with zero attached hydrogens (tertiary/aromatic N) is 1. The number of aliphatic hydroxyl groups is 1. The first kappa shape index (κ1) is 26.8. The van der Waals surface area contributed by atoms with Crippen molar-refractivity contribution in [2.24, 2.45) is 4.99 Å². The first-order valence-corrected chi connectivity index (χ1v) is 9.81. The third kappa shape index (κ3) is 8.06. The smallest absolute Gasteiger partial charge is 0.192 e. The lowest BCUT2D eigenvalue weighted by Crippen LogP contribution is -2.38. The van der Waals surface area contributed by atoms with Crippen molar-refractivity contribution in [2.75, 3.05) is 34.0 Å². The van der Waals surface area contributed by atoms with Gasteiger partial charge in [0.1, 0.15) is 6.61 Å². The van der Waals surface area contributed by atoms with E-state index in [1.165, 1.54) is 13.2 Å². The number of hydrogen-bond donors (Lipinski definition) is 3. The van der Waals surface area contributed by atoms with Crippen LogP contribution in [0.5, 0.6) is 17.2 Å². The number of nitrogens with one attached hydrogen (secondary N) is 2. The van der Waals surface area contributed by atoms with Gasteiger partial charge in [-0.15, -0.1) is 24.0 Å². The van der Waals surface area contributed by atoms with Gasteiger partial charge in [-0.3, -0.25) is 0 Å². The van der Waals surface area contributed by atoms with Gasteiger partial charge in [0.05, 0.1) is 33.4 Å². The Hall–Kier alpha value is -2.27. The van der Waals surface area contributed by atoms with Crippen LogP contribution in [-0.2, 0) is 6.54 Å². The maximum atomic E-state index is 14.0. The number of ether oxygens (including phenoxy) is 3. The zero-order valence-electron chi connectivity index (χ0n) is 18.3. The molecule has 0 aliphatic rings. The molecule has 0 saturated carbocycles. The van der Waals surface area contributed by atoms with Gasteiger partial charge in [0.2, 0.25) is 0 Å². The monoisotopic (exact) mass is 547 g/mol. The summed E-state index contributed by atoms with van der Waals surface area (Å²) < 4.78 is 29.8. The van der Waals surface area contributed by atoms with Crippen LogP contribution >= 0.6 is 24.0 Å². The van der Waals surface area contributed by atoms with E-state index in [1.54, 1.807) is 19.2 Å². The first-order chi connectivity index (χ1) is 14.5. The zero-order chi connectivity index (χ0) is 21.9. The summed E-state index contributed by atoms with van der Waals surface area (Å²) in [5.74, 6) is 1.57. The summed E-state index contributed by atoms with van der Waals surface area (Å²) in [5, 5.41) is 15.4. The molecule has 0 aromatic heterocycles. The number of hydrogen-bond acceptors (Lipinski definition) is 5. The SMILES string of the molecule is CCNC(=NCc1ccc(OCCO)c(OC)c1)NC(C)c1ccc(OC)c(F)c1.I. The fraction of sp³-hybridized carbons (Fsp3) is 0.409. The lowest BCUT2D eigenvalue weighted by Gasteiger charge is -2.19. The minimum atomic E-state index is -0.402. The van der Waals surface area contributed by atoms with Gasteiger partial charge < -0.3 is 30.0 Å². The molecule has 0 heterocycles. The molecule has 0 fully saturated rings. The van der Waals surface area contributed by atoms with Crippen molar-refractivity contribution >= 4 is 29.9 Å². The molecule has 0 saturated heterocycles. The summed E-state index contributed by atoms with van der Waals surface area (Å²) in [4.78, 5) is 4.61. The highest BCUT2D eigenvalue weighted by atomic mass is 127. The van der Waals surface area contributed by atoms with E-state index in [0.29, 0.717) is 30.5 Å². The number of guanidine groups is 1. The summed E-state index contributed by atoms with van der Waals surface area (Å²) in [6.07, 6.45) is 0. The highest BCUT2D eigenvalue weighted by molar-refractivity contribution is 14.0. The average molecular weight is 547 g/mol. The lowest BCUT2D eigenvalue weighted by molar-refractivity contribution is 0.196. The van der Waals surface area contributed by atoms with E-state index in [0.717, 1.165) is 11.1 Å². The van der Waals surface area contributed by atoms with Crippen molar-refractivity contribution < 1.29 is 23.7 Å². The summed E-state index contributed by atoms with van der Waals surface area (Å²) in [5.41, 5.74) is 1.72. The van der Waals surface area contributed by atoms with Gasteiger partial charge in [-0.2, -0.15) is 0 Å². The number of rotatable bonds is 10. The molecule has 0 aliphatic heterocycles. The van der Waals surface area contributed by atoms with Crippen LogP contribution in [0.2, 0.25) is 0 Å². The summed E-state index contributed by atoms with van der Waals surface area (Å²) in [6, 6.07) is 10.3. The Morgan fingerprint density at radius 1 is 1.10 bits per heavy atom. The van der Waals surface area contributed by atoms with Crippen molar-refractivity contribution in [3.05, 3.63) is 53.3 Å². The van der Waals surface area contributed by atoms with Crippen LogP contribution in [0.25, 0.3) is 0 Å². The fourth-order valence-corrected chi connectivity index (χ4v) is 2.82. The number of benzene rings is 2. The number of aliphatic imine (C=N–C) groups is 1. The molecule has 0 bridgehead atoms. The molecular formula is C22H31FIN3O4. The summed E-state index contributed by atoms with van der Waals surface area (Å²) in [6.45, 7) is 5.15. The van der Waals surface area contributed by atoms with Gasteiger partial charge in [0, 0.05) is 6.54 Å². The van der Waals surface area contributed by atoms with Crippen molar-refractivity contribution in [3.63, 3.8) is 0 Å². The van der Waals surface area contributed by atoms with Gasteiger partial charge in [0.25, 0.3) is 0 Å². The van der Waals surface area contributed by atoms with Gasteiger partial charge in [0.15, 0.2) is 29.0 Å². The topological polar surface area (TPSA) is 84.3 Å². The second-order valence-electron chi connectivity index (χ2n) is 6.51. The summed E-state index contributed by atoms with van der Waals surface area (Å²) >= 11 is 0. The van der Waals surface area contributed by atoms with Crippen LogP contribution < -0.4 is 24.8 Å². The molecule has 0 aliphatic carbocycles. The molecule has 1 unspecified atom stereocenters. The van der Waals surface area contributed by atoms with E-state index < -0.39 is 5.82 Å². The second kappa shape index (κ2) is 13.9. The zero-order valence-corrected chi connectivity index (χ0v) is 20.6. The second-order valence-corrected chi connectivity index (χ2v) is 6.51. The van der Waals surface area contributed by atoms with Crippen molar-refractivity contribution in [2.45, 2.75) is 26.4 Å². The average Bonchev–Trinajstić information content (AvgIpc) is 2.76. The molecule has 9 heteroatoms. The van der Waals surface area contributed by atoms with Crippen LogP contribution in [-0.4, -0.2) is 45.0 Å². The maximum absolute atomic E-state index is 14.0. The van der Waals surface area contributed by atoms with Gasteiger partial charge >= 0.3 is 0 Å². The summed E-state index contributed by atoms with van der Waals surface area (Å²) in [7, 11) is 3.01. The minimum absolute atomic E-state index is 0. The first-order valence-electron chi connectivity index (χ1n) is 9.81. The van der Waals surface area contributed by atoms with Crippen LogP contribution in [0.4, 0.5) is 4.39 Å². The van der Waals surface area contributed by atoms with Gasteiger partial charge in [-0.25, -0.2) is 9.38 Å². The van der Waals surface area contributed by atoms with E-state index in [9.17, 15) is 4.39 Å². The highest BCUT2D eigenvalue weighted by Gasteiger charge is 2.12. The van der Waals surface area contributed by atoms with Gasteiger partial charge in [-0.05, 0) is 49.2 Å². The molecule has 2 rings (SSSR count). The predicted octanol–water partition coefficient (Wildman–Crippen LogP) is 3.65. The third-order valence-corrected chi connectivity index (χ3v) is 4.37. The number of methoxy groups -OCH3 is 2. The Kier molecular flexibility index (Phi) is 12.0. The quantitative estimate of drug-likeness (QED) is 0.239. The molecule has 172 valence electrons. The van der Waals surface area contributed by atoms with E-state index in [-0.39, 0.29) is 49.0 Å². The van der Waals surface area contributed by atoms with Crippen LogP contribution in [0.3, 0.4) is 0 Å². The number of halogens is 2. The molecule has 7 nitrogen and oxygen atoms in total. The highest BCUT2D eigenvalue weighted by Crippen LogP contribution is 2.28. The molecule has 3 N–H and O–H groups in total. The van der Waals surface area contributed by atoms with Crippen LogP contribution in [0.15, 0.2) is 41.4 Å². The van der Waals surface area contributed by atoms with E-state index in [1.807, 2.05) is 32.0 Å². The van der Waals surface area contributed by atoms with Crippen LogP contribution in [0.1, 0.15) is 31.0 Å². The molecule has 2 aromatic rings. The number of aliphatic hydroxyl groups excluding tert-OH is 1. The molecule has 0 spiro atoms. The molecular weight excluding hydrogens is 516 g/mol. The van der Waals surface area contributed by atoms with Crippen molar-refractivity contribution in [1.82, 2.24) is 10.6 Å². The van der Waals surface area contributed by atoms with Crippen LogP contribution in [0, 0.1) is 5.82 Å². The van der Waals surface area contributed by atoms with Gasteiger partial charge in [-0.1, -0.05) is 12.1 Å². The van der Waals surface area contributed by atoms with Crippen molar-refractivity contribution in [1.29, 1.82) is 0 Å². The van der Waals surface area contributed by atoms with E-state index in [4.69, 9.17) is 19.3 Å². The Morgan fingerprint density at radius 2 is 1.81 bits per heavy atom. The van der Waals surface area contributed by atoms with Crippen molar-refractivity contribution in [3.8, 4) is 17.2 Å². The Bertz CT molecular complexity index is 852. The maximum Gasteiger partial charge on any atom is 0.192 e. The predicted molar refractivity (Wildman–Crippen MR) is 130 cm³/mol. The fourth-order valence-electron chi connectivity index (χ4n) is 2.82. The normalized spacial score (nSPS) is 11.9. The molecule has 31 heavy (non-hydrogen) atoms.